The number of hydrogen-bond donors (Lipinski definition) is 0. The summed E-state index contributed by atoms with van der Waals surface area (Å²) in [6, 6.07) is 15.0. The third-order valence-electron chi connectivity index (χ3n) is 5.74. The van der Waals surface area contributed by atoms with Gasteiger partial charge in [-0.25, -0.2) is 12.7 Å². The van der Waals surface area contributed by atoms with Crippen molar-refractivity contribution in [1.82, 2.24) is 9.21 Å². The molecule has 0 atom stereocenters. The van der Waals surface area contributed by atoms with Gasteiger partial charge in [-0.2, -0.15) is 0 Å². The van der Waals surface area contributed by atoms with E-state index in [-0.39, 0.29) is 10.8 Å². The topological polar surface area (TPSA) is 57.7 Å². The summed E-state index contributed by atoms with van der Waals surface area (Å²) in [5, 5.41) is 0. The van der Waals surface area contributed by atoms with E-state index < -0.39 is 10.0 Å². The number of piperidine rings is 1. The van der Waals surface area contributed by atoms with Gasteiger partial charge in [0.05, 0.1) is 4.90 Å². The van der Waals surface area contributed by atoms with Crippen LogP contribution in [0.5, 0.6) is 0 Å². The second kappa shape index (κ2) is 9.09. The van der Waals surface area contributed by atoms with Gasteiger partial charge in [0.1, 0.15) is 0 Å². The highest BCUT2D eigenvalue weighted by molar-refractivity contribution is 7.89. The van der Waals surface area contributed by atoms with Gasteiger partial charge in [0.2, 0.25) is 10.0 Å². The molecule has 29 heavy (non-hydrogen) atoms. The molecule has 0 aromatic heterocycles. The second-order valence-electron chi connectivity index (χ2n) is 8.07. The summed E-state index contributed by atoms with van der Waals surface area (Å²) in [6.45, 7) is 3.62. The van der Waals surface area contributed by atoms with Crippen LogP contribution < -0.4 is 0 Å². The molecule has 0 spiro atoms. The minimum Gasteiger partial charge on any atom is -0.339 e. The first kappa shape index (κ1) is 21.5. The van der Waals surface area contributed by atoms with Crippen LogP contribution in [0.25, 0.3) is 0 Å². The summed E-state index contributed by atoms with van der Waals surface area (Å²) in [5.74, 6) is 0.628. The average molecular weight is 415 g/mol. The van der Waals surface area contributed by atoms with Crippen molar-refractivity contribution in [2.75, 3.05) is 27.2 Å². The Labute approximate surface area is 174 Å². The van der Waals surface area contributed by atoms with Gasteiger partial charge >= 0.3 is 0 Å². The standard InChI is InChI=1S/C23H30N2O3S/c1-18-4-6-19(7-5-18)8-9-20-14-16-25(17-15-20)23(26)21-10-12-22(13-11-21)29(27,28)24(2)3/h4-7,10-13,20H,8-9,14-17H2,1-3H3. The number of aryl methyl sites for hydroxylation is 2. The molecule has 1 aliphatic rings. The molecule has 6 heteroatoms. The number of sulfonamides is 1. The number of rotatable bonds is 6. The van der Waals surface area contributed by atoms with E-state index in [2.05, 4.69) is 31.2 Å². The molecule has 1 fully saturated rings. The van der Waals surface area contributed by atoms with Gasteiger partial charge in [-0.1, -0.05) is 29.8 Å². The van der Waals surface area contributed by atoms with Crippen molar-refractivity contribution in [3.05, 3.63) is 65.2 Å². The van der Waals surface area contributed by atoms with Crippen LogP contribution in [-0.2, 0) is 16.4 Å². The Morgan fingerprint density at radius 2 is 1.59 bits per heavy atom. The average Bonchev–Trinajstić information content (AvgIpc) is 2.73. The van der Waals surface area contributed by atoms with Crippen LogP contribution in [0.3, 0.4) is 0 Å². The first-order chi connectivity index (χ1) is 13.8. The number of likely N-dealkylation sites (tertiary alicyclic amines) is 1. The summed E-state index contributed by atoms with van der Waals surface area (Å²) in [5.41, 5.74) is 3.20. The molecule has 0 radical (unpaired) electrons. The zero-order chi connectivity index (χ0) is 21.0. The van der Waals surface area contributed by atoms with Gasteiger partial charge in [0.15, 0.2) is 0 Å². The molecular formula is C23H30N2O3S. The summed E-state index contributed by atoms with van der Waals surface area (Å²) in [4.78, 5) is 14.9. The highest BCUT2D eigenvalue weighted by Gasteiger charge is 2.24. The fourth-order valence-corrected chi connectivity index (χ4v) is 4.61. The van der Waals surface area contributed by atoms with E-state index in [4.69, 9.17) is 0 Å². The lowest BCUT2D eigenvalue weighted by Crippen LogP contribution is -2.38. The van der Waals surface area contributed by atoms with Crippen LogP contribution in [0.1, 0.15) is 40.7 Å². The molecule has 1 heterocycles. The predicted octanol–water partition coefficient (Wildman–Crippen LogP) is 3.73. The molecule has 1 amide bonds. The van der Waals surface area contributed by atoms with Crippen LogP contribution in [0.15, 0.2) is 53.4 Å². The van der Waals surface area contributed by atoms with Gasteiger partial charge in [0.25, 0.3) is 5.91 Å². The molecule has 2 aromatic rings. The van der Waals surface area contributed by atoms with E-state index in [1.165, 1.54) is 41.7 Å². The summed E-state index contributed by atoms with van der Waals surface area (Å²) in [7, 11) is -0.480. The molecule has 3 rings (SSSR count). The van der Waals surface area contributed by atoms with Gasteiger partial charge in [0, 0.05) is 32.7 Å². The van der Waals surface area contributed by atoms with E-state index in [1.807, 2.05) is 4.90 Å². The van der Waals surface area contributed by atoms with Gasteiger partial charge in [-0.15, -0.1) is 0 Å². The molecule has 0 aliphatic carbocycles. The molecular weight excluding hydrogens is 384 g/mol. The van der Waals surface area contributed by atoms with Crippen molar-refractivity contribution in [3.63, 3.8) is 0 Å². The third kappa shape index (κ3) is 5.25. The normalized spacial score (nSPS) is 15.7. The Bertz CT molecular complexity index is 927. The molecule has 0 saturated carbocycles. The molecule has 156 valence electrons. The predicted molar refractivity (Wildman–Crippen MR) is 115 cm³/mol. The van der Waals surface area contributed by atoms with E-state index in [0.717, 1.165) is 38.8 Å². The van der Waals surface area contributed by atoms with E-state index in [9.17, 15) is 13.2 Å². The lowest BCUT2D eigenvalue weighted by atomic mass is 9.90. The molecule has 0 N–H and O–H groups in total. The highest BCUT2D eigenvalue weighted by Crippen LogP contribution is 2.24. The molecule has 0 bridgehead atoms. The zero-order valence-electron chi connectivity index (χ0n) is 17.5. The first-order valence-corrected chi connectivity index (χ1v) is 11.6. The van der Waals surface area contributed by atoms with Crippen molar-refractivity contribution in [3.8, 4) is 0 Å². The van der Waals surface area contributed by atoms with Crippen molar-refractivity contribution < 1.29 is 13.2 Å². The lowest BCUT2D eigenvalue weighted by molar-refractivity contribution is 0.0687. The Morgan fingerprint density at radius 1 is 1.00 bits per heavy atom. The Balaban J connectivity index is 1.52. The summed E-state index contributed by atoms with van der Waals surface area (Å²) in [6.07, 6.45) is 4.28. The van der Waals surface area contributed by atoms with Gasteiger partial charge in [-0.05, 0) is 68.4 Å². The minimum absolute atomic E-state index is 0.0178. The van der Waals surface area contributed by atoms with E-state index in [0.29, 0.717) is 11.5 Å². The summed E-state index contributed by atoms with van der Waals surface area (Å²) >= 11 is 0. The lowest BCUT2D eigenvalue weighted by Gasteiger charge is -2.32. The van der Waals surface area contributed by atoms with Gasteiger partial charge < -0.3 is 4.90 Å². The Kier molecular flexibility index (Phi) is 6.75. The molecule has 1 aliphatic heterocycles. The van der Waals surface area contributed by atoms with Crippen LogP contribution in [0.4, 0.5) is 0 Å². The maximum atomic E-state index is 12.8. The van der Waals surface area contributed by atoms with Crippen molar-refractivity contribution >= 4 is 15.9 Å². The van der Waals surface area contributed by atoms with Crippen LogP contribution in [-0.4, -0.2) is 50.7 Å². The van der Waals surface area contributed by atoms with Crippen LogP contribution >= 0.6 is 0 Å². The van der Waals surface area contributed by atoms with E-state index in [1.54, 1.807) is 12.1 Å². The summed E-state index contributed by atoms with van der Waals surface area (Å²) < 4.78 is 25.5. The Morgan fingerprint density at radius 3 is 2.14 bits per heavy atom. The van der Waals surface area contributed by atoms with Crippen molar-refractivity contribution in [2.24, 2.45) is 5.92 Å². The molecule has 2 aromatic carbocycles. The Hall–Kier alpha value is -2.18. The van der Waals surface area contributed by atoms with Gasteiger partial charge in [-0.3, -0.25) is 4.79 Å². The zero-order valence-corrected chi connectivity index (χ0v) is 18.3. The number of hydrogen-bond acceptors (Lipinski definition) is 3. The molecule has 5 nitrogen and oxygen atoms in total. The SMILES string of the molecule is Cc1ccc(CCC2CCN(C(=O)c3ccc(S(=O)(=O)N(C)C)cc3)CC2)cc1. The number of carbonyl (C=O) groups is 1. The quantitative estimate of drug-likeness (QED) is 0.724. The maximum absolute atomic E-state index is 12.8. The molecule has 1 saturated heterocycles. The van der Waals surface area contributed by atoms with Crippen molar-refractivity contribution in [1.29, 1.82) is 0 Å². The van der Waals surface area contributed by atoms with Crippen LogP contribution in [0.2, 0.25) is 0 Å². The number of carbonyl (C=O) groups excluding carboxylic acids is 1. The van der Waals surface area contributed by atoms with E-state index >= 15 is 0 Å². The second-order valence-corrected chi connectivity index (χ2v) is 10.2. The minimum atomic E-state index is -3.47. The smallest absolute Gasteiger partial charge is 0.253 e. The number of nitrogens with zero attached hydrogens (tertiary/aromatic N) is 2. The third-order valence-corrected chi connectivity index (χ3v) is 7.57. The monoisotopic (exact) mass is 414 g/mol. The van der Waals surface area contributed by atoms with Crippen molar-refractivity contribution in [2.45, 2.75) is 37.5 Å². The number of benzene rings is 2. The fraction of sp³-hybridized carbons (Fsp3) is 0.435. The van der Waals surface area contributed by atoms with Crippen LogP contribution in [0, 0.1) is 12.8 Å². The largest absolute Gasteiger partial charge is 0.339 e. The molecule has 0 unspecified atom stereocenters. The maximum Gasteiger partial charge on any atom is 0.253 e. The number of amides is 1. The fourth-order valence-electron chi connectivity index (χ4n) is 3.71. The highest BCUT2D eigenvalue weighted by atomic mass is 32.2. The first-order valence-electron chi connectivity index (χ1n) is 10.1.